The Bertz CT molecular complexity index is 1620. The molecule has 11 heteroatoms. The SMILES string of the molecule is CNC(=O)c1ccc2c(c1)CCc1cc(C(=O)NC)ccc1C2(CCNCC(=O)N1[C@H](C#N)C[C@@H]2C[C@@H]21)c1nnc(C(C)C)o1. The van der Waals surface area contributed by atoms with Crippen molar-refractivity contribution >= 4 is 17.7 Å². The molecule has 0 unspecified atom stereocenters. The topological polar surface area (TPSA) is 153 Å². The lowest BCUT2D eigenvalue weighted by Crippen LogP contribution is -2.44. The zero-order valence-corrected chi connectivity index (χ0v) is 26.1. The third-order valence-electron chi connectivity index (χ3n) is 9.57. The number of benzene rings is 2. The number of amides is 3. The Hall–Kier alpha value is -4.56. The number of rotatable bonds is 9. The molecule has 0 radical (unpaired) electrons. The Balaban J connectivity index is 1.42. The number of carbonyl (C=O) groups is 3. The van der Waals surface area contributed by atoms with Crippen LogP contribution in [0.15, 0.2) is 40.8 Å². The zero-order valence-electron chi connectivity index (χ0n) is 26.1. The van der Waals surface area contributed by atoms with Crippen LogP contribution >= 0.6 is 0 Å². The Morgan fingerprint density at radius 1 is 1.00 bits per heavy atom. The second-order valence-electron chi connectivity index (χ2n) is 12.6. The molecule has 3 atom stereocenters. The van der Waals surface area contributed by atoms with Gasteiger partial charge in [0.1, 0.15) is 11.5 Å². The number of fused-ring (bicyclic) bond motifs is 3. The fourth-order valence-corrected chi connectivity index (χ4v) is 7.16. The van der Waals surface area contributed by atoms with E-state index < -0.39 is 5.41 Å². The van der Waals surface area contributed by atoms with Gasteiger partial charge in [-0.25, -0.2) is 0 Å². The smallest absolute Gasteiger partial charge is 0.251 e. The van der Waals surface area contributed by atoms with Crippen LogP contribution < -0.4 is 16.0 Å². The summed E-state index contributed by atoms with van der Waals surface area (Å²) in [6.45, 7) is 4.53. The average molecular weight is 610 g/mol. The number of nitrogens with zero attached hydrogens (tertiary/aromatic N) is 4. The lowest BCUT2D eigenvalue weighted by molar-refractivity contribution is -0.131. The lowest BCUT2D eigenvalue weighted by Gasteiger charge is -2.34. The van der Waals surface area contributed by atoms with E-state index in [0.717, 1.165) is 35.1 Å². The van der Waals surface area contributed by atoms with Gasteiger partial charge in [-0.05, 0) is 91.1 Å². The molecule has 3 N–H and O–H groups in total. The first-order valence-electron chi connectivity index (χ1n) is 15.7. The molecule has 3 amide bonds. The van der Waals surface area contributed by atoms with E-state index in [9.17, 15) is 19.6 Å². The van der Waals surface area contributed by atoms with Gasteiger partial charge in [-0.2, -0.15) is 5.26 Å². The molecular weight excluding hydrogens is 570 g/mol. The van der Waals surface area contributed by atoms with Crippen molar-refractivity contribution in [1.82, 2.24) is 31.0 Å². The van der Waals surface area contributed by atoms with Gasteiger partial charge >= 0.3 is 0 Å². The molecule has 1 saturated carbocycles. The lowest BCUT2D eigenvalue weighted by atomic mass is 9.69. The molecule has 1 aromatic heterocycles. The maximum atomic E-state index is 13.2. The van der Waals surface area contributed by atoms with Crippen LogP contribution in [0.5, 0.6) is 0 Å². The fourth-order valence-electron chi connectivity index (χ4n) is 7.16. The third-order valence-corrected chi connectivity index (χ3v) is 9.57. The van der Waals surface area contributed by atoms with E-state index in [4.69, 9.17) is 4.42 Å². The number of aryl methyl sites for hydroxylation is 2. The maximum absolute atomic E-state index is 13.2. The number of piperidine rings is 1. The van der Waals surface area contributed by atoms with Crippen molar-refractivity contribution in [1.29, 1.82) is 5.26 Å². The van der Waals surface area contributed by atoms with Crippen molar-refractivity contribution in [2.24, 2.45) is 5.92 Å². The van der Waals surface area contributed by atoms with Crippen molar-refractivity contribution < 1.29 is 18.8 Å². The van der Waals surface area contributed by atoms with Crippen molar-refractivity contribution in [3.8, 4) is 6.07 Å². The predicted molar refractivity (Wildman–Crippen MR) is 166 cm³/mol. The molecule has 11 nitrogen and oxygen atoms in total. The molecule has 2 fully saturated rings. The first-order chi connectivity index (χ1) is 21.7. The normalized spacial score (nSPS) is 20.8. The largest absolute Gasteiger partial charge is 0.424 e. The van der Waals surface area contributed by atoms with Crippen LogP contribution in [0.1, 0.15) is 93.8 Å². The van der Waals surface area contributed by atoms with Crippen LogP contribution in [0.3, 0.4) is 0 Å². The molecule has 3 aromatic rings. The highest BCUT2D eigenvalue weighted by atomic mass is 16.4. The minimum Gasteiger partial charge on any atom is -0.424 e. The molecule has 1 saturated heterocycles. The highest BCUT2D eigenvalue weighted by Crippen LogP contribution is 2.48. The summed E-state index contributed by atoms with van der Waals surface area (Å²) in [6.07, 6.45) is 3.47. The van der Waals surface area contributed by atoms with E-state index >= 15 is 0 Å². The molecule has 1 aliphatic heterocycles. The number of hydrogen-bond donors (Lipinski definition) is 3. The van der Waals surface area contributed by atoms with Gasteiger partial charge in [0.2, 0.25) is 17.7 Å². The van der Waals surface area contributed by atoms with Crippen molar-refractivity contribution in [3.63, 3.8) is 0 Å². The number of hydrogen-bond acceptors (Lipinski definition) is 8. The standard InChI is InChI=1S/C34H39N7O4/c1-19(2)32-39-40-33(45-32)34(11-12-38-18-29(42)41-25(17-35)15-24-16-28(24)41)26-9-7-22(30(43)36-3)13-20(26)5-6-21-14-23(31(44)37-4)8-10-27(21)34/h7-10,13-14,19,24-25,28,38H,5-6,11-12,15-16,18H2,1-4H3,(H,36,43)(H,37,44)/t24-,25+,28+/m1/s1. The van der Waals surface area contributed by atoms with E-state index in [0.29, 0.717) is 54.6 Å². The van der Waals surface area contributed by atoms with E-state index in [-0.39, 0.29) is 42.3 Å². The first-order valence-corrected chi connectivity index (χ1v) is 15.7. The van der Waals surface area contributed by atoms with E-state index in [1.807, 2.05) is 50.2 Å². The summed E-state index contributed by atoms with van der Waals surface area (Å²) in [4.78, 5) is 40.3. The molecule has 0 spiro atoms. The van der Waals surface area contributed by atoms with Gasteiger partial charge in [0.25, 0.3) is 11.8 Å². The van der Waals surface area contributed by atoms with E-state index in [1.165, 1.54) is 0 Å². The van der Waals surface area contributed by atoms with Crippen LogP contribution in [-0.4, -0.2) is 72.1 Å². The maximum Gasteiger partial charge on any atom is 0.251 e. The average Bonchev–Trinajstić information content (AvgIpc) is 3.48. The summed E-state index contributed by atoms with van der Waals surface area (Å²) in [7, 11) is 3.22. The molecule has 3 aliphatic rings. The summed E-state index contributed by atoms with van der Waals surface area (Å²) in [5.41, 5.74) is 4.01. The summed E-state index contributed by atoms with van der Waals surface area (Å²) in [5, 5.41) is 27.4. The molecule has 45 heavy (non-hydrogen) atoms. The Morgan fingerprint density at radius 2 is 1.62 bits per heavy atom. The third kappa shape index (κ3) is 5.37. The monoisotopic (exact) mass is 609 g/mol. The Labute approximate surface area is 262 Å². The summed E-state index contributed by atoms with van der Waals surface area (Å²) in [6, 6.07) is 13.5. The van der Waals surface area contributed by atoms with Crippen LogP contribution in [0.2, 0.25) is 0 Å². The molecule has 2 heterocycles. The Kier molecular flexibility index (Phi) is 8.18. The molecule has 2 aromatic carbocycles. The van der Waals surface area contributed by atoms with Gasteiger partial charge < -0.3 is 25.3 Å². The molecule has 2 aliphatic carbocycles. The number of nitriles is 1. The van der Waals surface area contributed by atoms with Crippen LogP contribution in [0.4, 0.5) is 0 Å². The molecular formula is C34H39N7O4. The van der Waals surface area contributed by atoms with E-state index in [1.54, 1.807) is 19.0 Å². The minimum atomic E-state index is -0.926. The predicted octanol–water partition coefficient (Wildman–Crippen LogP) is 2.84. The second-order valence-corrected chi connectivity index (χ2v) is 12.6. The highest BCUT2D eigenvalue weighted by molar-refractivity contribution is 5.95. The second kappa shape index (κ2) is 12.1. The van der Waals surface area contributed by atoms with Crippen molar-refractivity contribution in [2.75, 3.05) is 27.2 Å². The quantitative estimate of drug-likeness (QED) is 0.313. The number of likely N-dealkylation sites (tertiary alicyclic amines) is 1. The minimum absolute atomic E-state index is 0.00908. The van der Waals surface area contributed by atoms with Gasteiger partial charge in [-0.3, -0.25) is 14.4 Å². The number of nitrogens with one attached hydrogen (secondary N) is 3. The molecule has 6 rings (SSSR count). The van der Waals surface area contributed by atoms with Crippen molar-refractivity contribution in [2.45, 2.75) is 69.4 Å². The summed E-state index contributed by atoms with van der Waals surface area (Å²) >= 11 is 0. The van der Waals surface area contributed by atoms with Gasteiger partial charge in [-0.15, -0.1) is 10.2 Å². The first kappa shape index (κ1) is 30.5. The van der Waals surface area contributed by atoms with Crippen molar-refractivity contribution in [3.05, 3.63) is 81.6 Å². The highest BCUT2D eigenvalue weighted by Gasteiger charge is 2.54. The Morgan fingerprint density at radius 3 is 2.16 bits per heavy atom. The van der Waals surface area contributed by atoms with Gasteiger partial charge in [0.05, 0.1) is 12.6 Å². The van der Waals surface area contributed by atoms with E-state index in [2.05, 4.69) is 32.2 Å². The molecule has 0 bridgehead atoms. The van der Waals surface area contributed by atoms with Gasteiger partial charge in [0, 0.05) is 37.2 Å². The number of carbonyl (C=O) groups excluding carboxylic acids is 3. The molecule has 234 valence electrons. The van der Waals surface area contributed by atoms with Gasteiger partial charge in [0.15, 0.2) is 0 Å². The van der Waals surface area contributed by atoms with Gasteiger partial charge in [-0.1, -0.05) is 26.0 Å². The summed E-state index contributed by atoms with van der Waals surface area (Å²) in [5.74, 6) is 0.981. The fraction of sp³-hybridized carbons (Fsp3) is 0.471. The van der Waals surface area contributed by atoms with Crippen LogP contribution in [0, 0.1) is 17.2 Å². The van der Waals surface area contributed by atoms with Crippen LogP contribution in [-0.2, 0) is 23.1 Å². The zero-order chi connectivity index (χ0) is 31.9. The number of aromatic nitrogens is 2. The van der Waals surface area contributed by atoms with Crippen LogP contribution in [0.25, 0.3) is 0 Å². The summed E-state index contributed by atoms with van der Waals surface area (Å²) < 4.78 is 6.44.